The Balaban J connectivity index is 2.16. The normalized spacial score (nSPS) is 10.1. The van der Waals surface area contributed by atoms with Crippen LogP contribution in [0.2, 0.25) is 0 Å². The summed E-state index contributed by atoms with van der Waals surface area (Å²) in [5.41, 5.74) is 1.30. The number of rotatable bonds is 5. The molecule has 2 nitrogen and oxygen atoms in total. The van der Waals surface area contributed by atoms with Crippen molar-refractivity contribution in [2.45, 2.75) is 13.0 Å². The zero-order valence-corrected chi connectivity index (χ0v) is 9.12. The van der Waals surface area contributed by atoms with Crippen LogP contribution in [-0.2, 0) is 6.54 Å². The van der Waals surface area contributed by atoms with E-state index in [0.29, 0.717) is 0 Å². The standard InChI is InChI=1S/C9H13IN2/c10-4-1-5-12-8-9-2-6-11-7-3-9/h2-3,6-7,12H,1,4-5,8H2. The molecule has 0 saturated heterocycles. The van der Waals surface area contributed by atoms with Gasteiger partial charge in [-0.3, -0.25) is 4.98 Å². The molecule has 1 N–H and O–H groups in total. The number of nitrogens with one attached hydrogen (secondary N) is 1. The Morgan fingerprint density at radius 2 is 2.08 bits per heavy atom. The smallest absolute Gasteiger partial charge is 0.0271 e. The van der Waals surface area contributed by atoms with Crippen LogP contribution in [0, 0.1) is 0 Å². The molecule has 0 saturated carbocycles. The summed E-state index contributed by atoms with van der Waals surface area (Å²) in [5.74, 6) is 0. The molecule has 1 rings (SSSR count). The number of halogens is 1. The average Bonchev–Trinajstić information content (AvgIpc) is 2.14. The fraction of sp³-hybridized carbons (Fsp3) is 0.444. The molecule has 12 heavy (non-hydrogen) atoms. The van der Waals surface area contributed by atoms with E-state index in [1.54, 1.807) is 0 Å². The van der Waals surface area contributed by atoms with Crippen molar-refractivity contribution < 1.29 is 0 Å². The summed E-state index contributed by atoms with van der Waals surface area (Å²) < 4.78 is 1.22. The zero-order chi connectivity index (χ0) is 8.65. The molecule has 0 atom stereocenters. The van der Waals surface area contributed by atoms with Gasteiger partial charge in [-0.25, -0.2) is 0 Å². The first-order valence-electron chi connectivity index (χ1n) is 4.09. The lowest BCUT2D eigenvalue weighted by atomic mass is 10.3. The van der Waals surface area contributed by atoms with E-state index >= 15 is 0 Å². The molecule has 0 unspecified atom stereocenters. The van der Waals surface area contributed by atoms with Gasteiger partial charge in [-0.1, -0.05) is 22.6 Å². The maximum absolute atomic E-state index is 3.96. The molecule has 0 aliphatic heterocycles. The van der Waals surface area contributed by atoms with Crippen molar-refractivity contribution in [1.29, 1.82) is 0 Å². The second kappa shape index (κ2) is 6.37. The number of aromatic nitrogens is 1. The van der Waals surface area contributed by atoms with E-state index in [1.165, 1.54) is 16.4 Å². The first-order valence-corrected chi connectivity index (χ1v) is 5.61. The predicted octanol–water partition coefficient (Wildman–Crippen LogP) is 2.00. The van der Waals surface area contributed by atoms with E-state index < -0.39 is 0 Å². The van der Waals surface area contributed by atoms with Crippen LogP contribution < -0.4 is 5.32 Å². The van der Waals surface area contributed by atoms with Crippen LogP contribution >= 0.6 is 22.6 Å². The predicted molar refractivity (Wildman–Crippen MR) is 59.4 cm³/mol. The van der Waals surface area contributed by atoms with Crippen LogP contribution in [0.25, 0.3) is 0 Å². The third-order valence-corrected chi connectivity index (χ3v) is 2.33. The Bertz CT molecular complexity index is 201. The molecular weight excluding hydrogens is 263 g/mol. The highest BCUT2D eigenvalue weighted by molar-refractivity contribution is 14.1. The van der Waals surface area contributed by atoms with Crippen LogP contribution in [0.4, 0.5) is 0 Å². The molecule has 1 aromatic heterocycles. The molecule has 0 aliphatic rings. The summed E-state index contributed by atoms with van der Waals surface area (Å²) in [5, 5.41) is 3.37. The maximum atomic E-state index is 3.96. The minimum Gasteiger partial charge on any atom is -0.313 e. The lowest BCUT2D eigenvalue weighted by molar-refractivity contribution is 0.681. The Kier molecular flexibility index (Phi) is 5.27. The SMILES string of the molecule is ICCCNCc1ccncc1. The van der Waals surface area contributed by atoms with E-state index in [-0.39, 0.29) is 0 Å². The minimum absolute atomic E-state index is 0.958. The van der Waals surface area contributed by atoms with Gasteiger partial charge in [0.2, 0.25) is 0 Å². The molecule has 0 aromatic carbocycles. The molecular formula is C9H13IN2. The van der Waals surface area contributed by atoms with E-state index in [0.717, 1.165) is 13.1 Å². The fourth-order valence-electron chi connectivity index (χ4n) is 0.925. The largest absolute Gasteiger partial charge is 0.313 e. The topological polar surface area (TPSA) is 24.9 Å². The number of nitrogens with zero attached hydrogens (tertiary/aromatic N) is 1. The molecule has 1 aromatic rings. The van der Waals surface area contributed by atoms with Gasteiger partial charge in [-0.2, -0.15) is 0 Å². The molecule has 0 spiro atoms. The number of hydrogen-bond donors (Lipinski definition) is 1. The maximum Gasteiger partial charge on any atom is 0.0271 e. The summed E-state index contributed by atoms with van der Waals surface area (Å²) in [6.45, 7) is 2.06. The van der Waals surface area contributed by atoms with Gasteiger partial charge in [-0.05, 0) is 30.7 Å². The third kappa shape index (κ3) is 4.01. The molecule has 1 heterocycles. The number of pyridine rings is 1. The van der Waals surface area contributed by atoms with Crippen molar-refractivity contribution in [3.63, 3.8) is 0 Å². The van der Waals surface area contributed by atoms with Crippen LogP contribution in [0.5, 0.6) is 0 Å². The van der Waals surface area contributed by atoms with E-state index in [2.05, 4.69) is 32.9 Å². The molecule has 0 aliphatic carbocycles. The average molecular weight is 276 g/mol. The first-order chi connectivity index (χ1) is 5.93. The van der Waals surface area contributed by atoms with Crippen molar-refractivity contribution in [3.05, 3.63) is 30.1 Å². The Morgan fingerprint density at radius 1 is 1.33 bits per heavy atom. The molecule has 66 valence electrons. The second-order valence-electron chi connectivity index (χ2n) is 2.57. The van der Waals surface area contributed by atoms with Gasteiger partial charge in [-0.15, -0.1) is 0 Å². The number of alkyl halides is 1. The van der Waals surface area contributed by atoms with Crippen molar-refractivity contribution in [3.8, 4) is 0 Å². The van der Waals surface area contributed by atoms with Crippen LogP contribution in [-0.4, -0.2) is 16.0 Å². The van der Waals surface area contributed by atoms with Crippen molar-refractivity contribution in [2.24, 2.45) is 0 Å². The summed E-state index contributed by atoms with van der Waals surface area (Å²) in [7, 11) is 0. The molecule has 0 bridgehead atoms. The van der Waals surface area contributed by atoms with Gasteiger partial charge in [0, 0.05) is 23.4 Å². The van der Waals surface area contributed by atoms with E-state index in [4.69, 9.17) is 0 Å². The Hall–Kier alpha value is -0.160. The van der Waals surface area contributed by atoms with Crippen molar-refractivity contribution in [1.82, 2.24) is 10.3 Å². The van der Waals surface area contributed by atoms with E-state index in [9.17, 15) is 0 Å². The monoisotopic (exact) mass is 276 g/mol. The zero-order valence-electron chi connectivity index (χ0n) is 6.96. The van der Waals surface area contributed by atoms with Gasteiger partial charge in [0.15, 0.2) is 0 Å². The lowest BCUT2D eigenvalue weighted by Gasteiger charge is -2.02. The second-order valence-corrected chi connectivity index (χ2v) is 3.65. The van der Waals surface area contributed by atoms with Crippen LogP contribution in [0.15, 0.2) is 24.5 Å². The molecule has 3 heteroatoms. The minimum atomic E-state index is 0.958. The van der Waals surface area contributed by atoms with E-state index in [1.807, 2.05) is 24.5 Å². The number of hydrogen-bond acceptors (Lipinski definition) is 2. The Labute approximate surface area is 86.9 Å². The molecule has 0 fully saturated rings. The van der Waals surface area contributed by atoms with Gasteiger partial charge in [0.25, 0.3) is 0 Å². The highest BCUT2D eigenvalue weighted by Gasteiger charge is 1.89. The summed E-state index contributed by atoms with van der Waals surface area (Å²) in [6, 6.07) is 4.08. The fourth-order valence-corrected chi connectivity index (χ4v) is 1.31. The van der Waals surface area contributed by atoms with Gasteiger partial charge in [0.05, 0.1) is 0 Å². The van der Waals surface area contributed by atoms with Gasteiger partial charge >= 0.3 is 0 Å². The third-order valence-electron chi connectivity index (χ3n) is 1.57. The molecule has 0 amide bonds. The lowest BCUT2D eigenvalue weighted by Crippen LogP contribution is -2.14. The first kappa shape index (κ1) is 9.92. The summed E-state index contributed by atoms with van der Waals surface area (Å²) in [4.78, 5) is 3.96. The van der Waals surface area contributed by atoms with Gasteiger partial charge < -0.3 is 5.32 Å². The summed E-state index contributed by atoms with van der Waals surface area (Å²) >= 11 is 2.39. The highest BCUT2D eigenvalue weighted by atomic mass is 127. The van der Waals surface area contributed by atoms with Crippen LogP contribution in [0.1, 0.15) is 12.0 Å². The highest BCUT2D eigenvalue weighted by Crippen LogP contribution is 1.95. The quantitative estimate of drug-likeness (QED) is 0.505. The van der Waals surface area contributed by atoms with Gasteiger partial charge in [0.1, 0.15) is 0 Å². The molecule has 0 radical (unpaired) electrons. The van der Waals surface area contributed by atoms with Crippen LogP contribution in [0.3, 0.4) is 0 Å². The Morgan fingerprint density at radius 3 is 2.75 bits per heavy atom. The van der Waals surface area contributed by atoms with Crippen molar-refractivity contribution in [2.75, 3.05) is 11.0 Å². The summed E-state index contributed by atoms with van der Waals surface area (Å²) in [6.07, 6.45) is 4.90. The van der Waals surface area contributed by atoms with Crippen molar-refractivity contribution >= 4 is 22.6 Å².